The largest absolute Gasteiger partial charge is 0.359 e. The molecule has 1 rings (SSSR count). The molecule has 0 saturated heterocycles. The molecule has 1 aliphatic carbocycles. The highest BCUT2D eigenvalue weighted by Crippen LogP contribution is 2.29. The van der Waals surface area contributed by atoms with Gasteiger partial charge in [-0.25, -0.2) is 4.39 Å². The van der Waals surface area contributed by atoms with E-state index >= 15 is 0 Å². The Labute approximate surface area is 53.4 Å². The van der Waals surface area contributed by atoms with Crippen molar-refractivity contribution in [1.82, 2.24) is 5.32 Å². The van der Waals surface area contributed by atoms with Gasteiger partial charge in [-0.3, -0.25) is 4.79 Å². The second-order valence-corrected chi connectivity index (χ2v) is 2.38. The van der Waals surface area contributed by atoms with Gasteiger partial charge in [0.15, 0.2) is 0 Å². The minimum absolute atomic E-state index is 0.0242. The highest BCUT2D eigenvalue weighted by atomic mass is 19.1. The fraction of sp³-hybridized carbons (Fsp3) is 0.833. The minimum Gasteiger partial charge on any atom is -0.359 e. The monoisotopic (exact) mass is 131 g/mol. The molecule has 3 heteroatoms. The van der Waals surface area contributed by atoms with Gasteiger partial charge in [-0.15, -0.1) is 0 Å². The average Bonchev–Trinajstić information content (AvgIpc) is 1.79. The minimum atomic E-state index is -0.729. The first-order valence-electron chi connectivity index (χ1n) is 3.09. The highest BCUT2D eigenvalue weighted by molar-refractivity contribution is 5.79. The molecule has 0 aliphatic heterocycles. The van der Waals surface area contributed by atoms with Crippen LogP contribution in [0.25, 0.3) is 0 Å². The van der Waals surface area contributed by atoms with Crippen LogP contribution in [0.15, 0.2) is 0 Å². The average molecular weight is 131 g/mol. The van der Waals surface area contributed by atoms with Gasteiger partial charge in [0.1, 0.15) is 6.17 Å². The number of carbonyl (C=O) groups excluding carboxylic acids is 1. The predicted octanol–water partition coefficient (Wildman–Crippen LogP) is 0.480. The molecule has 0 atom stereocenters. The van der Waals surface area contributed by atoms with Crippen molar-refractivity contribution in [3.8, 4) is 0 Å². The van der Waals surface area contributed by atoms with Crippen LogP contribution in [0.4, 0.5) is 4.39 Å². The zero-order valence-corrected chi connectivity index (χ0v) is 5.36. The summed E-state index contributed by atoms with van der Waals surface area (Å²) in [4.78, 5) is 10.7. The smallest absolute Gasteiger partial charge is 0.223 e. The van der Waals surface area contributed by atoms with Crippen LogP contribution in [0.2, 0.25) is 0 Å². The number of rotatable bonds is 1. The summed E-state index contributed by atoms with van der Waals surface area (Å²) >= 11 is 0. The molecule has 0 bridgehead atoms. The number of nitrogens with one attached hydrogen (secondary N) is 1. The summed E-state index contributed by atoms with van der Waals surface area (Å²) in [6.45, 7) is 0. The van der Waals surface area contributed by atoms with E-state index in [0.29, 0.717) is 12.8 Å². The van der Waals surface area contributed by atoms with E-state index in [4.69, 9.17) is 0 Å². The van der Waals surface area contributed by atoms with Gasteiger partial charge in [0.05, 0.1) is 0 Å². The highest BCUT2D eigenvalue weighted by Gasteiger charge is 2.33. The molecule has 0 aromatic carbocycles. The number of hydrogen-bond acceptors (Lipinski definition) is 1. The quantitative estimate of drug-likeness (QED) is 0.551. The summed E-state index contributed by atoms with van der Waals surface area (Å²) in [6.07, 6.45) is 0.103. The Morgan fingerprint density at radius 3 is 2.56 bits per heavy atom. The Morgan fingerprint density at radius 1 is 1.67 bits per heavy atom. The number of alkyl halides is 1. The van der Waals surface area contributed by atoms with Crippen molar-refractivity contribution in [2.24, 2.45) is 5.92 Å². The van der Waals surface area contributed by atoms with Crippen molar-refractivity contribution in [2.45, 2.75) is 19.0 Å². The topological polar surface area (TPSA) is 29.1 Å². The van der Waals surface area contributed by atoms with Crippen LogP contribution in [-0.4, -0.2) is 19.1 Å². The summed E-state index contributed by atoms with van der Waals surface area (Å²) < 4.78 is 12.1. The van der Waals surface area contributed by atoms with Crippen molar-refractivity contribution >= 4 is 5.91 Å². The van der Waals surface area contributed by atoms with Crippen LogP contribution in [-0.2, 0) is 4.79 Å². The molecule has 0 aromatic heterocycles. The standard InChI is InChI=1S/C6H10FNO/c1-8-6(9)4-2-5(7)3-4/h4-5H,2-3H2,1H3,(H,8,9). The van der Waals surface area contributed by atoms with Gasteiger partial charge in [0, 0.05) is 13.0 Å². The molecule has 0 aromatic rings. The molecule has 0 heterocycles. The number of carbonyl (C=O) groups is 1. The zero-order valence-electron chi connectivity index (χ0n) is 5.36. The first kappa shape index (κ1) is 6.52. The Hall–Kier alpha value is -0.600. The molecule has 52 valence electrons. The fourth-order valence-corrected chi connectivity index (χ4v) is 0.967. The molecule has 0 radical (unpaired) electrons. The van der Waals surface area contributed by atoms with E-state index in [9.17, 15) is 9.18 Å². The van der Waals surface area contributed by atoms with E-state index in [0.717, 1.165) is 0 Å². The van der Waals surface area contributed by atoms with Gasteiger partial charge in [0.25, 0.3) is 0 Å². The van der Waals surface area contributed by atoms with Gasteiger partial charge in [-0.2, -0.15) is 0 Å². The maximum Gasteiger partial charge on any atom is 0.223 e. The lowest BCUT2D eigenvalue weighted by atomic mass is 9.83. The first-order valence-corrected chi connectivity index (χ1v) is 3.09. The Balaban J connectivity index is 2.23. The van der Waals surface area contributed by atoms with Gasteiger partial charge >= 0.3 is 0 Å². The number of hydrogen-bond donors (Lipinski definition) is 1. The summed E-state index contributed by atoms with van der Waals surface area (Å²) in [7, 11) is 1.58. The predicted molar refractivity (Wildman–Crippen MR) is 31.7 cm³/mol. The molecule has 0 spiro atoms. The molecule has 1 aliphatic rings. The van der Waals surface area contributed by atoms with Gasteiger partial charge in [-0.1, -0.05) is 0 Å². The van der Waals surface area contributed by atoms with Crippen LogP contribution in [0.1, 0.15) is 12.8 Å². The van der Waals surface area contributed by atoms with Crippen molar-refractivity contribution in [3.05, 3.63) is 0 Å². The van der Waals surface area contributed by atoms with Crippen LogP contribution in [0.5, 0.6) is 0 Å². The van der Waals surface area contributed by atoms with E-state index in [2.05, 4.69) is 5.32 Å². The molecule has 1 amide bonds. The SMILES string of the molecule is CNC(=O)C1CC(F)C1. The van der Waals surface area contributed by atoms with E-state index in [-0.39, 0.29) is 11.8 Å². The van der Waals surface area contributed by atoms with Gasteiger partial charge in [-0.05, 0) is 12.8 Å². The number of halogens is 1. The molecule has 1 N–H and O–H groups in total. The summed E-state index contributed by atoms with van der Waals surface area (Å²) in [5.74, 6) is -0.0751. The molecule has 1 saturated carbocycles. The molecule has 0 unspecified atom stereocenters. The van der Waals surface area contributed by atoms with E-state index in [1.165, 1.54) is 0 Å². The summed E-state index contributed by atoms with van der Waals surface area (Å²) in [5, 5.41) is 2.48. The second-order valence-electron chi connectivity index (χ2n) is 2.38. The maximum absolute atomic E-state index is 12.1. The Morgan fingerprint density at radius 2 is 2.22 bits per heavy atom. The van der Waals surface area contributed by atoms with Crippen LogP contribution in [0.3, 0.4) is 0 Å². The lowest BCUT2D eigenvalue weighted by molar-refractivity contribution is -0.128. The molecule has 1 fully saturated rings. The lowest BCUT2D eigenvalue weighted by Crippen LogP contribution is -2.37. The fourth-order valence-electron chi connectivity index (χ4n) is 0.967. The Bertz CT molecular complexity index is 120. The maximum atomic E-state index is 12.1. The zero-order chi connectivity index (χ0) is 6.85. The molecule has 2 nitrogen and oxygen atoms in total. The molecular formula is C6H10FNO. The number of amides is 1. The van der Waals surface area contributed by atoms with Crippen LogP contribution < -0.4 is 5.32 Å². The molecule has 9 heavy (non-hydrogen) atoms. The first-order chi connectivity index (χ1) is 4.24. The van der Waals surface area contributed by atoms with Crippen molar-refractivity contribution in [2.75, 3.05) is 7.05 Å². The van der Waals surface area contributed by atoms with E-state index < -0.39 is 6.17 Å². The van der Waals surface area contributed by atoms with Crippen LogP contribution >= 0.6 is 0 Å². The van der Waals surface area contributed by atoms with Crippen molar-refractivity contribution in [3.63, 3.8) is 0 Å². The van der Waals surface area contributed by atoms with Gasteiger partial charge < -0.3 is 5.32 Å². The Kier molecular flexibility index (Phi) is 1.69. The van der Waals surface area contributed by atoms with Crippen molar-refractivity contribution < 1.29 is 9.18 Å². The van der Waals surface area contributed by atoms with E-state index in [1.54, 1.807) is 7.05 Å². The second kappa shape index (κ2) is 2.33. The third-order valence-corrected chi connectivity index (χ3v) is 1.70. The van der Waals surface area contributed by atoms with Crippen molar-refractivity contribution in [1.29, 1.82) is 0 Å². The third kappa shape index (κ3) is 1.20. The van der Waals surface area contributed by atoms with Gasteiger partial charge in [0.2, 0.25) is 5.91 Å². The normalized spacial score (nSPS) is 33.1. The lowest BCUT2D eigenvalue weighted by Gasteiger charge is -2.27. The summed E-state index contributed by atoms with van der Waals surface area (Å²) in [5.41, 5.74) is 0. The van der Waals surface area contributed by atoms with Crippen LogP contribution in [0, 0.1) is 5.92 Å². The molecular weight excluding hydrogens is 121 g/mol. The summed E-state index contributed by atoms with van der Waals surface area (Å²) in [6, 6.07) is 0. The van der Waals surface area contributed by atoms with E-state index in [1.807, 2.05) is 0 Å². The third-order valence-electron chi connectivity index (χ3n) is 1.70.